The molecule has 1 unspecified atom stereocenters. The van der Waals surface area contributed by atoms with Crippen molar-refractivity contribution in [3.05, 3.63) is 0 Å². The van der Waals surface area contributed by atoms with Gasteiger partial charge in [-0.2, -0.15) is 0 Å². The molecule has 0 saturated heterocycles. The molecule has 1 aliphatic rings. The number of esters is 1. The summed E-state index contributed by atoms with van der Waals surface area (Å²) in [6.07, 6.45) is 9.17. The fourth-order valence-corrected chi connectivity index (χ4v) is 2.37. The smallest absolute Gasteiger partial charge is 0.306 e. The van der Waals surface area contributed by atoms with Crippen LogP contribution in [0.1, 0.15) is 65.2 Å². The summed E-state index contributed by atoms with van der Waals surface area (Å²) in [6, 6.07) is 0. The van der Waals surface area contributed by atoms with Crippen LogP contribution >= 0.6 is 0 Å². The fraction of sp³-hybridized carbons (Fsp3) is 0.923. The monoisotopic (exact) mass is 212 g/mol. The van der Waals surface area contributed by atoms with Gasteiger partial charge < -0.3 is 4.74 Å². The highest BCUT2D eigenvalue weighted by atomic mass is 16.5. The van der Waals surface area contributed by atoms with Crippen LogP contribution in [0.3, 0.4) is 0 Å². The van der Waals surface area contributed by atoms with Gasteiger partial charge in [0, 0.05) is 6.42 Å². The van der Waals surface area contributed by atoms with E-state index in [1.54, 1.807) is 0 Å². The first kappa shape index (κ1) is 12.5. The minimum atomic E-state index is 0.00264. The van der Waals surface area contributed by atoms with Gasteiger partial charge in [-0.05, 0) is 25.7 Å². The van der Waals surface area contributed by atoms with E-state index in [2.05, 4.69) is 6.92 Å². The lowest BCUT2D eigenvalue weighted by Gasteiger charge is -2.13. The summed E-state index contributed by atoms with van der Waals surface area (Å²) in [5.41, 5.74) is 0. The molecule has 0 aromatic heterocycles. The molecule has 1 saturated carbocycles. The third-order valence-electron chi connectivity index (χ3n) is 3.26. The molecule has 1 atom stereocenters. The topological polar surface area (TPSA) is 26.3 Å². The number of hydrogen-bond donors (Lipinski definition) is 0. The van der Waals surface area contributed by atoms with Crippen LogP contribution in [-0.2, 0) is 9.53 Å². The van der Waals surface area contributed by atoms with Gasteiger partial charge in [-0.1, -0.05) is 39.0 Å². The lowest BCUT2D eigenvalue weighted by molar-refractivity contribution is -0.148. The van der Waals surface area contributed by atoms with Gasteiger partial charge in [-0.3, -0.25) is 4.79 Å². The molecule has 0 amide bonds. The molecular weight excluding hydrogens is 188 g/mol. The molecule has 1 rings (SSSR count). The van der Waals surface area contributed by atoms with Gasteiger partial charge in [0.05, 0.1) is 6.10 Å². The zero-order valence-corrected chi connectivity index (χ0v) is 10.1. The molecule has 0 bridgehead atoms. The Balaban J connectivity index is 2.07. The second-order valence-corrected chi connectivity index (χ2v) is 4.78. The highest BCUT2D eigenvalue weighted by Gasteiger charge is 2.17. The zero-order chi connectivity index (χ0) is 11.1. The van der Waals surface area contributed by atoms with Crippen LogP contribution in [0.25, 0.3) is 0 Å². The summed E-state index contributed by atoms with van der Waals surface area (Å²) >= 11 is 0. The summed E-state index contributed by atoms with van der Waals surface area (Å²) < 4.78 is 5.31. The van der Waals surface area contributed by atoms with Crippen molar-refractivity contribution in [2.24, 2.45) is 5.92 Å². The molecule has 15 heavy (non-hydrogen) atoms. The Hall–Kier alpha value is -0.530. The van der Waals surface area contributed by atoms with Crippen molar-refractivity contribution in [1.29, 1.82) is 0 Å². The maximum atomic E-state index is 11.5. The molecule has 0 spiro atoms. The average molecular weight is 212 g/mol. The molecule has 88 valence electrons. The molecule has 0 radical (unpaired) electrons. The minimum Gasteiger partial charge on any atom is -0.463 e. The van der Waals surface area contributed by atoms with E-state index in [0.29, 0.717) is 6.42 Å². The zero-order valence-electron chi connectivity index (χ0n) is 10.1. The van der Waals surface area contributed by atoms with E-state index in [1.807, 2.05) is 6.92 Å². The second-order valence-electron chi connectivity index (χ2n) is 4.78. The summed E-state index contributed by atoms with van der Waals surface area (Å²) in [5.74, 6) is 0.793. The van der Waals surface area contributed by atoms with E-state index in [-0.39, 0.29) is 12.1 Å². The molecule has 2 nitrogen and oxygen atoms in total. The summed E-state index contributed by atoms with van der Waals surface area (Å²) in [4.78, 5) is 11.5. The van der Waals surface area contributed by atoms with Crippen LogP contribution < -0.4 is 0 Å². The Kier molecular flexibility index (Phi) is 5.74. The van der Waals surface area contributed by atoms with Crippen LogP contribution in [-0.4, -0.2) is 12.1 Å². The van der Waals surface area contributed by atoms with Gasteiger partial charge in [0.25, 0.3) is 0 Å². The maximum absolute atomic E-state index is 11.5. The third kappa shape index (κ3) is 5.19. The summed E-state index contributed by atoms with van der Waals surface area (Å²) in [5, 5.41) is 0. The number of rotatable bonds is 6. The molecule has 0 aromatic rings. The van der Waals surface area contributed by atoms with Gasteiger partial charge in [-0.15, -0.1) is 0 Å². The first-order chi connectivity index (χ1) is 7.22. The van der Waals surface area contributed by atoms with Crippen LogP contribution in [0.4, 0.5) is 0 Å². The van der Waals surface area contributed by atoms with Gasteiger partial charge in [-0.25, -0.2) is 0 Å². The number of hydrogen-bond acceptors (Lipinski definition) is 2. The van der Waals surface area contributed by atoms with Crippen LogP contribution in [0.5, 0.6) is 0 Å². The van der Waals surface area contributed by atoms with Gasteiger partial charge in [0.1, 0.15) is 0 Å². The van der Waals surface area contributed by atoms with E-state index >= 15 is 0 Å². The molecule has 0 N–H and O–H groups in total. The lowest BCUT2D eigenvalue weighted by Crippen LogP contribution is -2.15. The number of ether oxygens (including phenoxy) is 1. The van der Waals surface area contributed by atoms with Crippen LogP contribution in [0.2, 0.25) is 0 Å². The minimum absolute atomic E-state index is 0.00264. The van der Waals surface area contributed by atoms with E-state index in [9.17, 15) is 4.79 Å². The molecule has 1 aliphatic carbocycles. The third-order valence-corrected chi connectivity index (χ3v) is 3.26. The first-order valence-corrected chi connectivity index (χ1v) is 6.41. The van der Waals surface area contributed by atoms with Crippen molar-refractivity contribution >= 4 is 5.97 Å². The molecular formula is C13H24O2. The molecule has 1 fully saturated rings. The highest BCUT2D eigenvalue weighted by Crippen LogP contribution is 2.28. The quantitative estimate of drug-likeness (QED) is 0.628. The Labute approximate surface area is 93.4 Å². The van der Waals surface area contributed by atoms with Crippen molar-refractivity contribution in [2.45, 2.75) is 71.3 Å². The van der Waals surface area contributed by atoms with E-state index < -0.39 is 0 Å². The fourth-order valence-electron chi connectivity index (χ4n) is 2.37. The predicted molar refractivity (Wildman–Crippen MR) is 61.7 cm³/mol. The Morgan fingerprint density at radius 3 is 2.67 bits per heavy atom. The van der Waals surface area contributed by atoms with Crippen molar-refractivity contribution in [2.75, 3.05) is 0 Å². The van der Waals surface area contributed by atoms with Crippen molar-refractivity contribution in [1.82, 2.24) is 0 Å². The van der Waals surface area contributed by atoms with Gasteiger partial charge in [0.15, 0.2) is 0 Å². The molecule has 0 heterocycles. The van der Waals surface area contributed by atoms with Gasteiger partial charge in [0.2, 0.25) is 0 Å². The standard InChI is InChI=1S/C13H24O2/c1-3-6-11(2)15-13(14)10-9-12-7-4-5-8-12/h11-12H,3-10H2,1-2H3. The molecule has 2 heteroatoms. The maximum Gasteiger partial charge on any atom is 0.306 e. The van der Waals surface area contributed by atoms with E-state index in [1.165, 1.54) is 25.7 Å². The number of carbonyl (C=O) groups excluding carboxylic acids is 1. The summed E-state index contributed by atoms with van der Waals surface area (Å²) in [6.45, 7) is 4.10. The average Bonchev–Trinajstić information content (AvgIpc) is 2.67. The van der Waals surface area contributed by atoms with Crippen molar-refractivity contribution in [3.8, 4) is 0 Å². The Morgan fingerprint density at radius 1 is 1.40 bits per heavy atom. The van der Waals surface area contributed by atoms with E-state index in [0.717, 1.165) is 25.2 Å². The predicted octanol–water partition coefficient (Wildman–Crippen LogP) is 3.69. The van der Waals surface area contributed by atoms with Crippen LogP contribution in [0, 0.1) is 5.92 Å². The normalized spacial score (nSPS) is 19.1. The van der Waals surface area contributed by atoms with Crippen molar-refractivity contribution in [3.63, 3.8) is 0 Å². The highest BCUT2D eigenvalue weighted by molar-refractivity contribution is 5.69. The van der Waals surface area contributed by atoms with Crippen LogP contribution in [0.15, 0.2) is 0 Å². The number of carbonyl (C=O) groups is 1. The largest absolute Gasteiger partial charge is 0.463 e. The Bertz CT molecular complexity index is 183. The van der Waals surface area contributed by atoms with Crippen molar-refractivity contribution < 1.29 is 9.53 Å². The molecule has 0 aliphatic heterocycles. The van der Waals surface area contributed by atoms with Gasteiger partial charge >= 0.3 is 5.97 Å². The SMILES string of the molecule is CCCC(C)OC(=O)CCC1CCCC1. The lowest BCUT2D eigenvalue weighted by atomic mass is 10.0. The molecule has 0 aromatic carbocycles. The Morgan fingerprint density at radius 2 is 2.07 bits per heavy atom. The van der Waals surface area contributed by atoms with E-state index in [4.69, 9.17) is 4.74 Å². The first-order valence-electron chi connectivity index (χ1n) is 6.41. The second kappa shape index (κ2) is 6.86. The summed E-state index contributed by atoms with van der Waals surface area (Å²) in [7, 11) is 0.